The number of nitrogens with zero attached hydrogens (tertiary/aromatic N) is 1. The molecule has 2 unspecified atom stereocenters. The highest BCUT2D eigenvalue weighted by atomic mass is 16.3. The molecule has 0 aliphatic rings. The fourth-order valence-electron chi connectivity index (χ4n) is 1.56. The van der Waals surface area contributed by atoms with Crippen LogP contribution < -0.4 is 5.32 Å². The predicted molar refractivity (Wildman–Crippen MR) is 61.6 cm³/mol. The van der Waals surface area contributed by atoms with Crippen LogP contribution in [0.4, 0.5) is 0 Å². The first kappa shape index (κ1) is 12.1. The van der Waals surface area contributed by atoms with E-state index in [2.05, 4.69) is 24.1 Å². The molecule has 3 nitrogen and oxygen atoms in total. The van der Waals surface area contributed by atoms with Crippen LogP contribution in [0.2, 0.25) is 0 Å². The van der Waals surface area contributed by atoms with Crippen molar-refractivity contribution in [2.24, 2.45) is 0 Å². The minimum Gasteiger partial charge on any atom is -0.394 e. The van der Waals surface area contributed by atoms with E-state index in [0.29, 0.717) is 6.04 Å². The largest absolute Gasteiger partial charge is 0.394 e. The van der Waals surface area contributed by atoms with Gasteiger partial charge in [-0.2, -0.15) is 0 Å². The second kappa shape index (κ2) is 5.24. The molecule has 0 aliphatic carbocycles. The Bertz CT molecular complexity index is 289. The quantitative estimate of drug-likeness (QED) is 0.774. The first-order chi connectivity index (χ1) is 7.12. The van der Waals surface area contributed by atoms with Gasteiger partial charge in [0.25, 0.3) is 0 Å². The lowest BCUT2D eigenvalue weighted by Gasteiger charge is -2.32. The summed E-state index contributed by atoms with van der Waals surface area (Å²) in [5, 5.41) is 12.9. The number of aliphatic hydroxyl groups is 1. The molecule has 2 N–H and O–H groups in total. The summed E-state index contributed by atoms with van der Waals surface area (Å²) >= 11 is 0. The predicted octanol–water partition coefficient (Wildman–Crippen LogP) is 1.68. The highest BCUT2D eigenvalue weighted by molar-refractivity contribution is 5.19. The van der Waals surface area contributed by atoms with E-state index in [4.69, 9.17) is 0 Å². The van der Waals surface area contributed by atoms with Crippen molar-refractivity contribution in [3.8, 4) is 0 Å². The van der Waals surface area contributed by atoms with Gasteiger partial charge in [0.05, 0.1) is 12.1 Å². The monoisotopic (exact) mass is 208 g/mol. The number of hydrogen-bond acceptors (Lipinski definition) is 3. The zero-order valence-electron chi connectivity index (χ0n) is 9.70. The number of aromatic nitrogens is 1. The first-order valence-corrected chi connectivity index (χ1v) is 5.41. The molecule has 0 radical (unpaired) electrons. The number of rotatable bonds is 5. The van der Waals surface area contributed by atoms with Gasteiger partial charge in [0.2, 0.25) is 0 Å². The minimum atomic E-state index is -0.399. The Morgan fingerprint density at radius 3 is 2.80 bits per heavy atom. The molecule has 1 aromatic rings. The third-order valence-corrected chi connectivity index (χ3v) is 2.79. The summed E-state index contributed by atoms with van der Waals surface area (Å²) in [6, 6.07) is 4.25. The van der Waals surface area contributed by atoms with Crippen LogP contribution in [-0.4, -0.2) is 22.7 Å². The van der Waals surface area contributed by atoms with Gasteiger partial charge in [-0.05, 0) is 31.9 Å². The van der Waals surface area contributed by atoms with Crippen LogP contribution in [0.1, 0.15) is 32.8 Å². The van der Waals surface area contributed by atoms with Crippen LogP contribution in [0.25, 0.3) is 0 Å². The molecule has 84 valence electrons. The Kier molecular flexibility index (Phi) is 4.24. The molecule has 0 spiro atoms. The van der Waals surface area contributed by atoms with Gasteiger partial charge in [0.1, 0.15) is 0 Å². The Hall–Kier alpha value is -0.930. The third-order valence-electron chi connectivity index (χ3n) is 2.79. The lowest BCUT2D eigenvalue weighted by molar-refractivity contribution is 0.162. The van der Waals surface area contributed by atoms with Crippen molar-refractivity contribution in [3.63, 3.8) is 0 Å². The van der Waals surface area contributed by atoms with Crippen LogP contribution in [0.15, 0.2) is 24.5 Å². The lowest BCUT2D eigenvalue weighted by Crippen LogP contribution is -2.47. The van der Waals surface area contributed by atoms with Crippen molar-refractivity contribution in [1.82, 2.24) is 10.3 Å². The smallest absolute Gasteiger partial charge is 0.0657 e. The average molecular weight is 208 g/mol. The van der Waals surface area contributed by atoms with Gasteiger partial charge in [0, 0.05) is 18.4 Å². The minimum absolute atomic E-state index is 0.0725. The van der Waals surface area contributed by atoms with E-state index in [1.807, 2.05) is 19.1 Å². The van der Waals surface area contributed by atoms with Crippen LogP contribution in [0, 0.1) is 0 Å². The second-order valence-corrected chi connectivity index (χ2v) is 4.19. The zero-order valence-corrected chi connectivity index (χ0v) is 9.70. The topological polar surface area (TPSA) is 45.1 Å². The highest BCUT2D eigenvalue weighted by Gasteiger charge is 2.26. The molecule has 3 heteroatoms. The molecule has 15 heavy (non-hydrogen) atoms. The summed E-state index contributed by atoms with van der Waals surface area (Å²) in [4.78, 5) is 4.08. The first-order valence-electron chi connectivity index (χ1n) is 5.41. The normalized spacial score (nSPS) is 17.1. The standard InChI is InChI=1S/C12H20N2O/c1-4-10(2)14-12(3,9-15)11-6-5-7-13-8-11/h5-8,10,14-15H,4,9H2,1-3H3. The summed E-state index contributed by atoms with van der Waals surface area (Å²) in [6.07, 6.45) is 4.58. The van der Waals surface area contributed by atoms with Crippen molar-refractivity contribution >= 4 is 0 Å². The summed E-state index contributed by atoms with van der Waals surface area (Å²) in [6.45, 7) is 6.31. The van der Waals surface area contributed by atoms with E-state index in [9.17, 15) is 5.11 Å². The Morgan fingerprint density at radius 1 is 1.60 bits per heavy atom. The van der Waals surface area contributed by atoms with Gasteiger partial charge >= 0.3 is 0 Å². The number of pyridine rings is 1. The number of hydrogen-bond donors (Lipinski definition) is 2. The molecule has 1 rings (SSSR count). The number of aliphatic hydroxyl groups excluding tert-OH is 1. The van der Waals surface area contributed by atoms with Crippen molar-refractivity contribution in [3.05, 3.63) is 30.1 Å². The SMILES string of the molecule is CCC(C)NC(C)(CO)c1cccnc1. The Balaban J connectivity index is 2.85. The maximum atomic E-state index is 9.49. The van der Waals surface area contributed by atoms with E-state index in [1.54, 1.807) is 12.4 Å². The number of nitrogens with one attached hydrogen (secondary N) is 1. The molecule has 0 aromatic carbocycles. The molecule has 0 bridgehead atoms. The maximum Gasteiger partial charge on any atom is 0.0657 e. The van der Waals surface area contributed by atoms with E-state index in [1.165, 1.54) is 0 Å². The molecule has 0 saturated heterocycles. The molecular weight excluding hydrogens is 188 g/mol. The molecule has 2 atom stereocenters. The van der Waals surface area contributed by atoms with Gasteiger partial charge in [-0.3, -0.25) is 4.98 Å². The summed E-state index contributed by atoms with van der Waals surface area (Å²) in [5.41, 5.74) is 0.622. The maximum absolute atomic E-state index is 9.49. The van der Waals surface area contributed by atoms with Crippen molar-refractivity contribution in [2.75, 3.05) is 6.61 Å². The molecule has 0 saturated carbocycles. The van der Waals surface area contributed by atoms with Gasteiger partial charge < -0.3 is 10.4 Å². The molecule has 0 aliphatic heterocycles. The van der Waals surface area contributed by atoms with Crippen LogP contribution in [-0.2, 0) is 5.54 Å². The summed E-state index contributed by atoms with van der Waals surface area (Å²) in [7, 11) is 0. The van der Waals surface area contributed by atoms with E-state index in [-0.39, 0.29) is 6.61 Å². The van der Waals surface area contributed by atoms with E-state index in [0.717, 1.165) is 12.0 Å². The molecular formula is C12H20N2O. The van der Waals surface area contributed by atoms with Gasteiger partial charge in [-0.1, -0.05) is 13.0 Å². The molecule has 0 amide bonds. The second-order valence-electron chi connectivity index (χ2n) is 4.19. The summed E-state index contributed by atoms with van der Waals surface area (Å²) < 4.78 is 0. The fraction of sp³-hybridized carbons (Fsp3) is 0.583. The van der Waals surface area contributed by atoms with Gasteiger partial charge in [-0.25, -0.2) is 0 Å². The Morgan fingerprint density at radius 2 is 2.33 bits per heavy atom. The molecule has 1 aromatic heterocycles. The summed E-state index contributed by atoms with van der Waals surface area (Å²) in [5.74, 6) is 0. The van der Waals surface area contributed by atoms with E-state index < -0.39 is 5.54 Å². The third kappa shape index (κ3) is 3.01. The lowest BCUT2D eigenvalue weighted by atomic mass is 9.93. The highest BCUT2D eigenvalue weighted by Crippen LogP contribution is 2.20. The van der Waals surface area contributed by atoms with Crippen LogP contribution >= 0.6 is 0 Å². The van der Waals surface area contributed by atoms with Crippen molar-refractivity contribution < 1.29 is 5.11 Å². The van der Waals surface area contributed by atoms with Crippen molar-refractivity contribution in [1.29, 1.82) is 0 Å². The zero-order chi connectivity index (χ0) is 11.3. The molecule has 0 fully saturated rings. The van der Waals surface area contributed by atoms with Crippen molar-refractivity contribution in [2.45, 2.75) is 38.8 Å². The van der Waals surface area contributed by atoms with Gasteiger partial charge in [0.15, 0.2) is 0 Å². The van der Waals surface area contributed by atoms with Gasteiger partial charge in [-0.15, -0.1) is 0 Å². The molecule has 1 heterocycles. The van der Waals surface area contributed by atoms with Crippen LogP contribution in [0.5, 0.6) is 0 Å². The van der Waals surface area contributed by atoms with E-state index >= 15 is 0 Å². The van der Waals surface area contributed by atoms with Crippen LogP contribution in [0.3, 0.4) is 0 Å². The Labute approximate surface area is 91.5 Å². The average Bonchev–Trinajstić information content (AvgIpc) is 2.30. The fourth-order valence-corrected chi connectivity index (χ4v) is 1.56.